The van der Waals surface area contributed by atoms with Crippen molar-refractivity contribution in [2.75, 3.05) is 20.2 Å². The summed E-state index contributed by atoms with van der Waals surface area (Å²) in [6.45, 7) is 3.61. The van der Waals surface area contributed by atoms with Crippen molar-refractivity contribution >= 4 is 17.7 Å². The van der Waals surface area contributed by atoms with Crippen LogP contribution in [0.25, 0.3) is 0 Å². The summed E-state index contributed by atoms with van der Waals surface area (Å²) in [6.07, 6.45) is 8.13. The second kappa shape index (κ2) is 11.9. The van der Waals surface area contributed by atoms with Gasteiger partial charge in [0.05, 0.1) is 19.9 Å². The van der Waals surface area contributed by atoms with Gasteiger partial charge in [0, 0.05) is 12.6 Å². The van der Waals surface area contributed by atoms with Crippen molar-refractivity contribution < 1.29 is 23.5 Å². The van der Waals surface area contributed by atoms with E-state index in [1.165, 1.54) is 23.7 Å². The molecule has 176 valence electrons. The number of hydrogen-bond acceptors (Lipinski definition) is 5. The van der Waals surface area contributed by atoms with Gasteiger partial charge in [-0.3, -0.25) is 14.4 Å². The molecule has 8 nitrogen and oxygen atoms in total. The largest absolute Gasteiger partial charge is 0.497 e. The molecule has 0 spiro atoms. The molecular weight excluding hydrogens is 422 g/mol. The molecule has 1 aromatic heterocycles. The highest BCUT2D eigenvalue weighted by molar-refractivity contribution is 5.95. The molecule has 3 rings (SSSR count). The van der Waals surface area contributed by atoms with Gasteiger partial charge in [-0.05, 0) is 42.7 Å². The average Bonchev–Trinajstić information content (AvgIpc) is 3.38. The van der Waals surface area contributed by atoms with Crippen LogP contribution in [0.2, 0.25) is 0 Å². The lowest BCUT2D eigenvalue weighted by Crippen LogP contribution is -2.49. The third kappa shape index (κ3) is 6.47. The van der Waals surface area contributed by atoms with E-state index in [1.54, 1.807) is 43.5 Å². The number of furan rings is 1. The maximum absolute atomic E-state index is 13.4. The Bertz CT molecular complexity index is 933. The lowest BCUT2D eigenvalue weighted by Gasteiger charge is -2.33. The van der Waals surface area contributed by atoms with Crippen LogP contribution in [0.15, 0.2) is 59.7 Å². The lowest BCUT2D eigenvalue weighted by atomic mass is 9.94. The SMILES string of the molecule is C=CCN(C(=O)CNC(=O)c1ccco1)[C@@H](C(=O)NC1CCCCC1)c1ccc(OC)cc1. The van der Waals surface area contributed by atoms with E-state index in [-0.39, 0.29) is 30.8 Å². The molecule has 1 aromatic carbocycles. The maximum atomic E-state index is 13.4. The molecule has 0 bridgehead atoms. The minimum Gasteiger partial charge on any atom is -0.497 e. The molecule has 1 atom stereocenters. The number of carbonyl (C=O) groups excluding carboxylic acids is 3. The zero-order valence-corrected chi connectivity index (χ0v) is 18.9. The van der Waals surface area contributed by atoms with Crippen LogP contribution in [-0.2, 0) is 9.59 Å². The molecule has 2 N–H and O–H groups in total. The first kappa shape index (κ1) is 24.1. The van der Waals surface area contributed by atoms with E-state index in [4.69, 9.17) is 9.15 Å². The second-order valence-electron chi connectivity index (χ2n) is 8.01. The summed E-state index contributed by atoms with van der Waals surface area (Å²) >= 11 is 0. The first-order chi connectivity index (χ1) is 16.0. The number of ether oxygens (including phenoxy) is 1. The normalized spacial score (nSPS) is 14.7. The van der Waals surface area contributed by atoms with Gasteiger partial charge in [-0.2, -0.15) is 0 Å². The third-order valence-corrected chi connectivity index (χ3v) is 5.73. The van der Waals surface area contributed by atoms with Crippen molar-refractivity contribution in [2.45, 2.75) is 44.2 Å². The van der Waals surface area contributed by atoms with Crippen LogP contribution in [0.4, 0.5) is 0 Å². The molecule has 0 unspecified atom stereocenters. The Kier molecular flexibility index (Phi) is 8.69. The Morgan fingerprint density at radius 2 is 1.91 bits per heavy atom. The molecule has 3 amide bonds. The standard InChI is InChI=1S/C25H31N3O5/c1-3-15-28(22(29)17-26-24(30)21-10-7-16-33-21)23(18-11-13-20(32-2)14-12-18)25(31)27-19-8-5-4-6-9-19/h3,7,10-14,16,19,23H,1,4-6,8-9,15,17H2,2H3,(H,26,30)(H,27,31)/t23-/m1/s1. The van der Waals surface area contributed by atoms with Gasteiger partial charge in [0.1, 0.15) is 11.8 Å². The summed E-state index contributed by atoms with van der Waals surface area (Å²) in [6, 6.07) is 9.38. The summed E-state index contributed by atoms with van der Waals surface area (Å²) in [7, 11) is 1.57. The van der Waals surface area contributed by atoms with Crippen LogP contribution < -0.4 is 15.4 Å². The molecule has 2 aromatic rings. The summed E-state index contributed by atoms with van der Waals surface area (Å²) in [5, 5.41) is 5.69. The number of methoxy groups -OCH3 is 1. The highest BCUT2D eigenvalue weighted by atomic mass is 16.5. The Hall–Kier alpha value is -3.55. The van der Waals surface area contributed by atoms with Gasteiger partial charge in [-0.1, -0.05) is 37.5 Å². The van der Waals surface area contributed by atoms with Crippen LogP contribution in [0, 0.1) is 0 Å². The van der Waals surface area contributed by atoms with Crippen molar-refractivity contribution in [2.24, 2.45) is 0 Å². The Labute approximate surface area is 194 Å². The smallest absolute Gasteiger partial charge is 0.287 e. The molecule has 33 heavy (non-hydrogen) atoms. The minimum atomic E-state index is -0.871. The molecule has 1 fully saturated rings. The van der Waals surface area contributed by atoms with E-state index in [0.717, 1.165) is 25.7 Å². The summed E-state index contributed by atoms with van der Waals surface area (Å²) in [4.78, 5) is 40.2. The van der Waals surface area contributed by atoms with Crippen molar-refractivity contribution in [1.29, 1.82) is 0 Å². The van der Waals surface area contributed by atoms with E-state index < -0.39 is 17.9 Å². The number of rotatable bonds is 10. The summed E-state index contributed by atoms with van der Waals surface area (Å²) in [5.74, 6) is -0.397. The van der Waals surface area contributed by atoms with Gasteiger partial charge in [0.2, 0.25) is 11.8 Å². The van der Waals surface area contributed by atoms with Crippen LogP contribution >= 0.6 is 0 Å². The average molecular weight is 454 g/mol. The number of amides is 3. The highest BCUT2D eigenvalue weighted by Crippen LogP contribution is 2.26. The molecule has 1 aliphatic rings. The third-order valence-electron chi connectivity index (χ3n) is 5.73. The topological polar surface area (TPSA) is 101 Å². The number of hydrogen-bond donors (Lipinski definition) is 2. The first-order valence-corrected chi connectivity index (χ1v) is 11.2. The zero-order chi connectivity index (χ0) is 23.6. The van der Waals surface area contributed by atoms with Crippen LogP contribution in [-0.4, -0.2) is 48.9 Å². The van der Waals surface area contributed by atoms with Gasteiger partial charge in [0.25, 0.3) is 5.91 Å². The summed E-state index contributed by atoms with van der Waals surface area (Å²) in [5.41, 5.74) is 0.650. The van der Waals surface area contributed by atoms with Crippen LogP contribution in [0.3, 0.4) is 0 Å². The molecule has 1 saturated carbocycles. The Balaban J connectivity index is 1.81. The Morgan fingerprint density at radius 1 is 1.18 bits per heavy atom. The van der Waals surface area contributed by atoms with Gasteiger partial charge < -0.3 is 24.7 Å². The number of carbonyl (C=O) groups is 3. The number of benzene rings is 1. The van der Waals surface area contributed by atoms with E-state index in [1.807, 2.05) is 0 Å². The second-order valence-corrected chi connectivity index (χ2v) is 8.01. The monoisotopic (exact) mass is 453 g/mol. The van der Waals surface area contributed by atoms with E-state index in [2.05, 4.69) is 17.2 Å². The van der Waals surface area contributed by atoms with E-state index in [9.17, 15) is 14.4 Å². The van der Waals surface area contributed by atoms with Crippen molar-refractivity contribution in [1.82, 2.24) is 15.5 Å². The fourth-order valence-corrected chi connectivity index (χ4v) is 4.03. The quantitative estimate of drug-likeness (QED) is 0.538. The zero-order valence-electron chi connectivity index (χ0n) is 18.9. The minimum absolute atomic E-state index is 0.0892. The van der Waals surface area contributed by atoms with Crippen molar-refractivity contribution in [3.8, 4) is 5.75 Å². The predicted molar refractivity (Wildman–Crippen MR) is 124 cm³/mol. The first-order valence-electron chi connectivity index (χ1n) is 11.2. The van der Waals surface area contributed by atoms with E-state index in [0.29, 0.717) is 11.3 Å². The van der Waals surface area contributed by atoms with Gasteiger partial charge in [0.15, 0.2) is 5.76 Å². The fourth-order valence-electron chi connectivity index (χ4n) is 4.03. The van der Waals surface area contributed by atoms with Gasteiger partial charge >= 0.3 is 0 Å². The predicted octanol–water partition coefficient (Wildman–Crippen LogP) is 3.22. The number of nitrogens with zero attached hydrogens (tertiary/aromatic N) is 1. The van der Waals surface area contributed by atoms with Gasteiger partial charge in [-0.25, -0.2) is 0 Å². The van der Waals surface area contributed by atoms with Crippen molar-refractivity contribution in [3.63, 3.8) is 0 Å². The number of nitrogens with one attached hydrogen (secondary N) is 2. The molecule has 0 saturated heterocycles. The van der Waals surface area contributed by atoms with E-state index >= 15 is 0 Å². The molecule has 1 heterocycles. The molecular formula is C25H31N3O5. The molecule has 0 radical (unpaired) electrons. The van der Waals surface area contributed by atoms with Crippen LogP contribution in [0.5, 0.6) is 5.75 Å². The fraction of sp³-hybridized carbons (Fsp3) is 0.400. The molecule has 8 heteroatoms. The molecule has 1 aliphatic carbocycles. The Morgan fingerprint density at radius 3 is 2.52 bits per heavy atom. The van der Waals surface area contributed by atoms with Crippen LogP contribution in [0.1, 0.15) is 54.3 Å². The van der Waals surface area contributed by atoms with Gasteiger partial charge in [-0.15, -0.1) is 6.58 Å². The summed E-state index contributed by atoms with van der Waals surface area (Å²) < 4.78 is 10.3. The van der Waals surface area contributed by atoms with Crippen molar-refractivity contribution in [3.05, 3.63) is 66.6 Å². The lowest BCUT2D eigenvalue weighted by molar-refractivity contribution is -0.139. The highest BCUT2D eigenvalue weighted by Gasteiger charge is 2.32. The maximum Gasteiger partial charge on any atom is 0.287 e. The molecule has 0 aliphatic heterocycles.